The number of hydrogen-bond acceptors (Lipinski definition) is 6. The fraction of sp³-hybridized carbons (Fsp3) is 0.684. The van der Waals surface area contributed by atoms with Crippen molar-refractivity contribution >= 4 is 0 Å². The molecular formula is C38H58O6. The average molecular weight is 611 g/mol. The Kier molecular flexibility index (Phi) is 15.3. The maximum atomic E-state index is 10.8. The molecule has 2 aliphatic rings. The molecule has 0 unspecified atom stereocenters. The number of aryl methyl sites for hydroxylation is 2. The van der Waals surface area contributed by atoms with Crippen molar-refractivity contribution in [2.45, 2.75) is 153 Å². The van der Waals surface area contributed by atoms with Crippen LogP contribution in [0.3, 0.4) is 0 Å². The summed E-state index contributed by atoms with van der Waals surface area (Å²) in [6, 6.07) is 16.8. The molecule has 2 heterocycles. The number of unbranched alkanes of at least 4 members (excludes halogenated alkanes) is 4. The Hall–Kier alpha value is -2.12. The zero-order valence-electron chi connectivity index (χ0n) is 27.3. The van der Waals surface area contributed by atoms with Crippen LogP contribution in [-0.2, 0) is 22.3 Å². The van der Waals surface area contributed by atoms with Gasteiger partial charge in [-0.3, -0.25) is 0 Å². The second kappa shape index (κ2) is 19.4. The predicted molar refractivity (Wildman–Crippen MR) is 177 cm³/mol. The van der Waals surface area contributed by atoms with E-state index in [1.165, 1.54) is 11.1 Å². The number of hydrogen-bond donors (Lipinski definition) is 2. The SMILES string of the molecule is CCCc1ccc(OCCCCC[C@@H](O)[C@H]2CC[C@@H]([C@H]3CC[C@@H]([C@@H](O)CCCCCOc4ccc(CCC)cc4)O3)O2)cc1. The molecule has 2 aromatic rings. The largest absolute Gasteiger partial charge is 0.494 e. The molecule has 246 valence electrons. The van der Waals surface area contributed by atoms with Crippen LogP contribution in [0, 0.1) is 0 Å². The molecule has 0 aromatic heterocycles. The van der Waals surface area contributed by atoms with E-state index in [1.807, 2.05) is 0 Å². The molecule has 2 fully saturated rings. The summed E-state index contributed by atoms with van der Waals surface area (Å²) in [6.07, 6.45) is 14.6. The number of benzene rings is 2. The molecule has 6 heteroatoms. The van der Waals surface area contributed by atoms with E-state index < -0.39 is 12.2 Å². The first-order valence-corrected chi connectivity index (χ1v) is 17.7. The molecule has 44 heavy (non-hydrogen) atoms. The summed E-state index contributed by atoms with van der Waals surface area (Å²) >= 11 is 0. The van der Waals surface area contributed by atoms with Crippen LogP contribution < -0.4 is 9.47 Å². The first kappa shape index (κ1) is 34.7. The smallest absolute Gasteiger partial charge is 0.119 e. The molecule has 6 nitrogen and oxygen atoms in total. The molecule has 0 amide bonds. The van der Waals surface area contributed by atoms with Crippen LogP contribution >= 0.6 is 0 Å². The van der Waals surface area contributed by atoms with Gasteiger partial charge in [-0.05, 0) is 112 Å². The Balaban J connectivity index is 1.01. The van der Waals surface area contributed by atoms with Gasteiger partial charge < -0.3 is 29.2 Å². The Bertz CT molecular complexity index is 941. The maximum absolute atomic E-state index is 10.8. The standard InChI is InChI=1S/C38H58O6/c1-3-11-29-15-19-31(20-16-29)41-27-9-5-7-13-33(39)35-23-25-37(43-35)38-26-24-36(44-38)34(40)14-8-6-10-28-42-32-21-17-30(12-4-2)18-22-32/h15-22,33-40H,3-14,23-28H2,1-2H3/t33-,34+,35-,36+,37+,38-. The van der Waals surface area contributed by atoms with Gasteiger partial charge in [-0.2, -0.15) is 0 Å². The first-order chi connectivity index (χ1) is 21.6. The number of rotatable bonds is 21. The van der Waals surface area contributed by atoms with Gasteiger partial charge in [0.1, 0.15) is 11.5 Å². The van der Waals surface area contributed by atoms with Gasteiger partial charge in [0.15, 0.2) is 0 Å². The van der Waals surface area contributed by atoms with E-state index in [4.69, 9.17) is 18.9 Å². The van der Waals surface area contributed by atoms with Crippen LogP contribution in [0.4, 0.5) is 0 Å². The summed E-state index contributed by atoms with van der Waals surface area (Å²) in [5, 5.41) is 21.5. The summed E-state index contributed by atoms with van der Waals surface area (Å²) in [6.45, 7) is 5.81. The van der Waals surface area contributed by atoms with Crippen molar-refractivity contribution in [3.05, 3.63) is 59.7 Å². The molecular weight excluding hydrogens is 552 g/mol. The van der Waals surface area contributed by atoms with Crippen LogP contribution in [0.1, 0.15) is 115 Å². The third-order valence-corrected chi connectivity index (χ3v) is 9.19. The average Bonchev–Trinajstić information content (AvgIpc) is 3.73. The highest BCUT2D eigenvalue weighted by Crippen LogP contribution is 2.34. The summed E-state index contributed by atoms with van der Waals surface area (Å²) in [5.74, 6) is 1.87. The molecule has 0 bridgehead atoms. The lowest BCUT2D eigenvalue weighted by Crippen LogP contribution is -2.33. The minimum absolute atomic E-state index is 0.0251. The predicted octanol–water partition coefficient (Wildman–Crippen LogP) is 7.99. The van der Waals surface area contributed by atoms with Crippen molar-refractivity contribution in [1.82, 2.24) is 0 Å². The van der Waals surface area contributed by atoms with E-state index in [0.717, 1.165) is 114 Å². The van der Waals surface area contributed by atoms with Crippen molar-refractivity contribution in [2.75, 3.05) is 13.2 Å². The Morgan fingerprint density at radius 3 is 1.39 bits per heavy atom. The van der Waals surface area contributed by atoms with E-state index in [1.54, 1.807) is 0 Å². The van der Waals surface area contributed by atoms with Gasteiger partial charge in [-0.25, -0.2) is 0 Å². The summed E-state index contributed by atoms with van der Waals surface area (Å²) < 4.78 is 24.3. The van der Waals surface area contributed by atoms with E-state index in [9.17, 15) is 10.2 Å². The molecule has 6 atom stereocenters. The third-order valence-electron chi connectivity index (χ3n) is 9.19. The molecule has 0 spiro atoms. The van der Waals surface area contributed by atoms with E-state index in [0.29, 0.717) is 13.2 Å². The van der Waals surface area contributed by atoms with Gasteiger partial charge in [0.25, 0.3) is 0 Å². The molecule has 0 saturated carbocycles. The summed E-state index contributed by atoms with van der Waals surface area (Å²) in [5.41, 5.74) is 2.71. The lowest BCUT2D eigenvalue weighted by molar-refractivity contribution is -0.110. The molecule has 0 radical (unpaired) electrons. The highest BCUT2D eigenvalue weighted by Gasteiger charge is 2.40. The maximum Gasteiger partial charge on any atom is 0.119 e. The van der Waals surface area contributed by atoms with Crippen molar-refractivity contribution in [3.63, 3.8) is 0 Å². The van der Waals surface area contributed by atoms with Gasteiger partial charge in [0, 0.05) is 0 Å². The molecule has 4 rings (SSSR count). The topological polar surface area (TPSA) is 77.4 Å². The van der Waals surface area contributed by atoms with Gasteiger partial charge in [-0.1, -0.05) is 63.8 Å². The molecule has 2 aliphatic heterocycles. The number of aliphatic hydroxyl groups excluding tert-OH is 2. The van der Waals surface area contributed by atoms with Crippen LogP contribution in [0.25, 0.3) is 0 Å². The molecule has 2 aromatic carbocycles. The highest BCUT2D eigenvalue weighted by molar-refractivity contribution is 5.28. The van der Waals surface area contributed by atoms with Gasteiger partial charge in [0.2, 0.25) is 0 Å². The van der Waals surface area contributed by atoms with Crippen molar-refractivity contribution in [1.29, 1.82) is 0 Å². The number of aliphatic hydroxyl groups is 2. The van der Waals surface area contributed by atoms with Gasteiger partial charge >= 0.3 is 0 Å². The lowest BCUT2D eigenvalue weighted by atomic mass is 10.0. The van der Waals surface area contributed by atoms with E-state index in [-0.39, 0.29) is 24.4 Å². The van der Waals surface area contributed by atoms with Crippen LogP contribution in [0.15, 0.2) is 48.5 Å². The molecule has 0 aliphatic carbocycles. The first-order valence-electron chi connectivity index (χ1n) is 17.7. The van der Waals surface area contributed by atoms with Crippen molar-refractivity contribution in [2.24, 2.45) is 0 Å². The van der Waals surface area contributed by atoms with Gasteiger partial charge in [-0.15, -0.1) is 0 Å². The Morgan fingerprint density at radius 1 is 0.591 bits per heavy atom. The van der Waals surface area contributed by atoms with E-state index >= 15 is 0 Å². The second-order valence-electron chi connectivity index (χ2n) is 12.9. The Labute approximate surface area is 266 Å². The summed E-state index contributed by atoms with van der Waals surface area (Å²) in [7, 11) is 0. The fourth-order valence-electron chi connectivity index (χ4n) is 6.59. The van der Waals surface area contributed by atoms with Crippen LogP contribution in [0.2, 0.25) is 0 Å². The van der Waals surface area contributed by atoms with Crippen molar-refractivity contribution < 1.29 is 29.2 Å². The molecule has 2 N–H and O–H groups in total. The van der Waals surface area contributed by atoms with Crippen LogP contribution in [0.5, 0.6) is 11.5 Å². The van der Waals surface area contributed by atoms with Gasteiger partial charge in [0.05, 0.1) is 49.8 Å². The fourth-order valence-corrected chi connectivity index (χ4v) is 6.59. The minimum atomic E-state index is -0.431. The Morgan fingerprint density at radius 2 is 1.00 bits per heavy atom. The normalized spacial score (nSPS) is 23.1. The lowest BCUT2D eigenvalue weighted by Gasteiger charge is -2.24. The third kappa shape index (κ3) is 11.7. The zero-order valence-corrected chi connectivity index (χ0v) is 27.3. The molecule has 2 saturated heterocycles. The number of ether oxygens (including phenoxy) is 4. The second-order valence-corrected chi connectivity index (χ2v) is 12.9. The highest BCUT2D eigenvalue weighted by atomic mass is 16.6. The van der Waals surface area contributed by atoms with E-state index in [2.05, 4.69) is 62.4 Å². The van der Waals surface area contributed by atoms with Crippen molar-refractivity contribution in [3.8, 4) is 11.5 Å². The quantitative estimate of drug-likeness (QED) is 0.140. The van der Waals surface area contributed by atoms with Crippen LogP contribution in [-0.4, -0.2) is 60.1 Å². The minimum Gasteiger partial charge on any atom is -0.494 e. The summed E-state index contributed by atoms with van der Waals surface area (Å²) in [4.78, 5) is 0. The zero-order chi connectivity index (χ0) is 31.0. The monoisotopic (exact) mass is 610 g/mol.